The Morgan fingerprint density at radius 1 is 1.19 bits per heavy atom. The summed E-state index contributed by atoms with van der Waals surface area (Å²) >= 11 is 0. The molecule has 86 valence electrons. The van der Waals surface area contributed by atoms with E-state index in [9.17, 15) is 14.2 Å². The molecular formula is C4H9KNaO9P. The van der Waals surface area contributed by atoms with Gasteiger partial charge >= 0.3 is 101 Å². The van der Waals surface area contributed by atoms with Gasteiger partial charge in [-0.1, -0.05) is 0 Å². The summed E-state index contributed by atoms with van der Waals surface area (Å²) in [5.41, 5.74) is 0. The van der Waals surface area contributed by atoms with Gasteiger partial charge in [-0.3, -0.25) is 9.79 Å². The van der Waals surface area contributed by atoms with E-state index < -0.39 is 32.0 Å². The van der Waals surface area contributed by atoms with E-state index >= 15 is 0 Å². The van der Waals surface area contributed by atoms with E-state index in [0.29, 0.717) is 0 Å². The molecule has 0 saturated carbocycles. The van der Waals surface area contributed by atoms with Gasteiger partial charge in [-0.2, -0.15) is 0 Å². The molecule has 0 heterocycles. The number of phosphoric ester groups is 1. The molecule has 0 spiro atoms. The third-order valence-corrected chi connectivity index (χ3v) is 1.42. The number of carbonyl (C=O) groups is 2. The van der Waals surface area contributed by atoms with Gasteiger partial charge in [0.05, 0.1) is 0 Å². The van der Waals surface area contributed by atoms with Crippen LogP contribution in [0.1, 0.15) is 2.85 Å². The van der Waals surface area contributed by atoms with Crippen molar-refractivity contribution in [3.63, 3.8) is 0 Å². The SMILES string of the molecule is O=C(O)C(O)C(O)C(=O)OP(=O)(O)O.[H-].[H-].[K+].[Na+]. The van der Waals surface area contributed by atoms with Crippen molar-refractivity contribution in [2.75, 3.05) is 0 Å². The molecular weight excluding hydrogens is 285 g/mol. The molecule has 0 aliphatic heterocycles. The van der Waals surface area contributed by atoms with Gasteiger partial charge in [-0.25, -0.2) is 14.2 Å². The normalized spacial score (nSPS) is 13.8. The average Bonchev–Trinajstić information content (AvgIpc) is 1.98. The minimum atomic E-state index is -5.16. The van der Waals surface area contributed by atoms with E-state index in [1.807, 2.05) is 0 Å². The van der Waals surface area contributed by atoms with Crippen molar-refractivity contribution in [2.45, 2.75) is 12.2 Å². The molecule has 0 aromatic heterocycles. The zero-order valence-electron chi connectivity index (χ0n) is 10.5. The third-order valence-electron chi connectivity index (χ3n) is 1.00. The summed E-state index contributed by atoms with van der Waals surface area (Å²) in [4.78, 5) is 36.7. The van der Waals surface area contributed by atoms with Crippen molar-refractivity contribution in [1.82, 2.24) is 0 Å². The molecule has 0 aromatic rings. The maximum Gasteiger partial charge on any atom is 1.00 e. The molecule has 0 radical (unpaired) electrons. The number of aliphatic hydroxyl groups is 2. The average molecular weight is 294 g/mol. The Kier molecular flexibility index (Phi) is 13.6. The summed E-state index contributed by atoms with van der Waals surface area (Å²) in [5, 5.41) is 25.3. The smallest absolute Gasteiger partial charge is 1.00 e. The molecule has 5 N–H and O–H groups in total. The standard InChI is InChI=1S/C4H7O9P.K.Na.2H/c5-1(3(7)8)2(6)4(9)13-14(10,11)12;;;;/h1-2,5-6H,(H,7,8)(H2,10,11,12);;;;/q;2*+1;2*-1. The number of rotatable bonds is 4. The molecule has 2 atom stereocenters. The van der Waals surface area contributed by atoms with Crippen LogP contribution in [-0.2, 0) is 18.7 Å². The van der Waals surface area contributed by atoms with E-state index in [1.54, 1.807) is 0 Å². The maximum absolute atomic E-state index is 10.5. The molecule has 12 heteroatoms. The van der Waals surface area contributed by atoms with Gasteiger partial charge in [-0.05, 0) is 0 Å². The second kappa shape index (κ2) is 9.56. The van der Waals surface area contributed by atoms with Crippen LogP contribution in [0.2, 0.25) is 0 Å². The van der Waals surface area contributed by atoms with Gasteiger partial charge in [0, 0.05) is 0 Å². The molecule has 0 saturated heterocycles. The molecule has 0 fully saturated rings. The molecule has 2 unspecified atom stereocenters. The largest absolute Gasteiger partial charge is 1.00 e. The van der Waals surface area contributed by atoms with Crippen LogP contribution in [0, 0.1) is 0 Å². The molecule has 0 aliphatic carbocycles. The summed E-state index contributed by atoms with van der Waals surface area (Å²) in [5.74, 6) is -3.85. The van der Waals surface area contributed by atoms with Crippen LogP contribution in [0.5, 0.6) is 0 Å². The fraction of sp³-hybridized carbons (Fsp3) is 0.500. The van der Waals surface area contributed by atoms with Crippen LogP contribution in [0.3, 0.4) is 0 Å². The van der Waals surface area contributed by atoms with E-state index in [-0.39, 0.29) is 83.8 Å². The predicted molar refractivity (Wildman–Crippen MR) is 40.0 cm³/mol. The minimum absolute atomic E-state index is 0. The summed E-state index contributed by atoms with van der Waals surface area (Å²) in [7, 11) is -5.16. The number of carbonyl (C=O) groups excluding carboxylic acids is 1. The van der Waals surface area contributed by atoms with E-state index in [0.717, 1.165) is 0 Å². The summed E-state index contributed by atoms with van der Waals surface area (Å²) < 4.78 is 13.4. The van der Waals surface area contributed by atoms with Gasteiger partial charge in [0.2, 0.25) is 0 Å². The Balaban J connectivity index is -0.000000141. The molecule has 0 amide bonds. The van der Waals surface area contributed by atoms with Crippen LogP contribution in [0.15, 0.2) is 0 Å². The zero-order chi connectivity index (χ0) is 11.5. The molecule has 0 aromatic carbocycles. The number of hydrogen-bond acceptors (Lipinski definition) is 6. The first-order valence-electron chi connectivity index (χ1n) is 3.03. The topological polar surface area (TPSA) is 162 Å². The van der Waals surface area contributed by atoms with E-state index in [2.05, 4.69) is 4.52 Å². The first-order valence-corrected chi connectivity index (χ1v) is 4.56. The number of hydrogen-bond donors (Lipinski definition) is 5. The van der Waals surface area contributed by atoms with E-state index in [1.165, 1.54) is 0 Å². The second-order valence-corrected chi connectivity index (χ2v) is 3.29. The monoisotopic (exact) mass is 294 g/mol. The molecule has 0 bridgehead atoms. The van der Waals surface area contributed by atoms with Crippen LogP contribution in [0.25, 0.3) is 0 Å². The summed E-state index contributed by atoms with van der Waals surface area (Å²) in [6.07, 6.45) is -5.06. The van der Waals surface area contributed by atoms with E-state index in [4.69, 9.17) is 25.1 Å². The number of aliphatic carboxylic acids is 1. The minimum Gasteiger partial charge on any atom is -1.00 e. The number of phosphoric acid groups is 1. The quantitative estimate of drug-likeness (QED) is 0.250. The van der Waals surface area contributed by atoms with Gasteiger partial charge in [0.15, 0.2) is 12.2 Å². The number of carboxylic acid groups (broad SMARTS) is 1. The van der Waals surface area contributed by atoms with Crippen LogP contribution in [0.4, 0.5) is 0 Å². The fourth-order valence-corrected chi connectivity index (χ4v) is 0.778. The van der Waals surface area contributed by atoms with Crippen LogP contribution in [-0.4, -0.2) is 49.3 Å². The third kappa shape index (κ3) is 9.65. The van der Waals surface area contributed by atoms with Crippen molar-refractivity contribution >= 4 is 19.8 Å². The number of carboxylic acids is 1. The first-order chi connectivity index (χ1) is 6.15. The Hall–Kier alpha value is 1.65. The van der Waals surface area contributed by atoms with Crippen molar-refractivity contribution in [3.05, 3.63) is 0 Å². The summed E-state index contributed by atoms with van der Waals surface area (Å²) in [6.45, 7) is 0. The Bertz CT molecular complexity index is 298. The Labute approximate surface area is 157 Å². The first kappa shape index (κ1) is 22.8. The Morgan fingerprint density at radius 2 is 1.56 bits per heavy atom. The van der Waals surface area contributed by atoms with Crippen LogP contribution >= 0.6 is 7.82 Å². The molecule has 0 rings (SSSR count). The van der Waals surface area contributed by atoms with Crippen molar-refractivity contribution in [2.24, 2.45) is 0 Å². The maximum atomic E-state index is 10.5. The molecule has 16 heavy (non-hydrogen) atoms. The fourth-order valence-electron chi connectivity index (χ4n) is 0.435. The van der Waals surface area contributed by atoms with Crippen LogP contribution < -0.4 is 80.9 Å². The van der Waals surface area contributed by atoms with Gasteiger partial charge in [0.1, 0.15) is 0 Å². The summed E-state index contributed by atoms with van der Waals surface area (Å²) in [6, 6.07) is 0. The zero-order valence-corrected chi connectivity index (χ0v) is 14.5. The molecule has 0 aliphatic rings. The Morgan fingerprint density at radius 3 is 1.81 bits per heavy atom. The molecule has 9 nitrogen and oxygen atoms in total. The second-order valence-electron chi connectivity index (χ2n) is 2.13. The van der Waals surface area contributed by atoms with Gasteiger partial charge in [0.25, 0.3) is 0 Å². The van der Waals surface area contributed by atoms with Crippen molar-refractivity contribution in [3.8, 4) is 0 Å². The van der Waals surface area contributed by atoms with Gasteiger partial charge in [-0.15, -0.1) is 0 Å². The van der Waals surface area contributed by atoms with Crippen molar-refractivity contribution in [1.29, 1.82) is 0 Å². The van der Waals surface area contributed by atoms with Crippen molar-refractivity contribution < 1.29 is 128 Å². The number of aliphatic hydroxyl groups excluding tert-OH is 2. The predicted octanol–water partition coefficient (Wildman–Crippen LogP) is -8.34. The van der Waals surface area contributed by atoms with Gasteiger partial charge < -0.3 is 22.7 Å².